The van der Waals surface area contributed by atoms with Crippen LogP contribution in [-0.4, -0.2) is 29.6 Å². The van der Waals surface area contributed by atoms with E-state index in [-0.39, 0.29) is 5.56 Å². The average molecular weight is 290 g/mol. The van der Waals surface area contributed by atoms with Crippen molar-refractivity contribution in [2.75, 3.05) is 7.11 Å². The van der Waals surface area contributed by atoms with Gasteiger partial charge in [-0.15, -0.1) is 0 Å². The second-order valence-electron chi connectivity index (χ2n) is 4.47. The average Bonchev–Trinajstić information content (AvgIpc) is 3.00. The molecule has 1 amide bonds. The molecule has 1 aromatic carbocycles. The van der Waals surface area contributed by atoms with E-state index in [1.807, 2.05) is 0 Å². The minimum Gasteiger partial charge on any atom is -0.467 e. The first-order chi connectivity index (χ1) is 10.0. The monoisotopic (exact) mass is 290 g/mol. The van der Waals surface area contributed by atoms with Crippen LogP contribution < -0.4 is 5.32 Å². The summed E-state index contributed by atoms with van der Waals surface area (Å²) in [5.41, 5.74) is 0.483. The van der Waals surface area contributed by atoms with Gasteiger partial charge < -0.3 is 14.6 Å². The van der Waals surface area contributed by atoms with E-state index in [9.17, 15) is 14.0 Å². The molecule has 2 rings (SSSR count). The molecule has 1 N–H and O–H groups in total. The van der Waals surface area contributed by atoms with Gasteiger partial charge in [0.15, 0.2) is 0 Å². The fraction of sp³-hybridized carbons (Fsp3) is 0.200. The highest BCUT2D eigenvalue weighted by Gasteiger charge is 2.17. The van der Waals surface area contributed by atoms with Gasteiger partial charge in [-0.05, 0) is 37.3 Å². The molecule has 5 nitrogen and oxygen atoms in total. The SMILES string of the molecule is COC(=O)[C@H](C)NC(=O)c1ccc(-n2cccc2)c(F)c1. The predicted molar refractivity (Wildman–Crippen MR) is 74.7 cm³/mol. The molecule has 1 atom stereocenters. The van der Waals surface area contributed by atoms with Crippen molar-refractivity contribution in [1.82, 2.24) is 9.88 Å². The van der Waals surface area contributed by atoms with Crippen LogP contribution in [0.4, 0.5) is 4.39 Å². The number of carbonyl (C=O) groups excluding carboxylic acids is 2. The quantitative estimate of drug-likeness (QED) is 0.875. The van der Waals surface area contributed by atoms with Gasteiger partial charge in [-0.3, -0.25) is 4.79 Å². The number of ether oxygens (including phenoxy) is 1. The molecule has 0 aliphatic carbocycles. The van der Waals surface area contributed by atoms with Gasteiger partial charge in [-0.25, -0.2) is 9.18 Å². The summed E-state index contributed by atoms with van der Waals surface area (Å²) in [5.74, 6) is -1.62. The van der Waals surface area contributed by atoms with E-state index in [0.29, 0.717) is 5.69 Å². The van der Waals surface area contributed by atoms with Crippen LogP contribution in [0.1, 0.15) is 17.3 Å². The number of methoxy groups -OCH3 is 1. The molecular weight excluding hydrogens is 275 g/mol. The number of nitrogens with one attached hydrogen (secondary N) is 1. The smallest absolute Gasteiger partial charge is 0.328 e. The summed E-state index contributed by atoms with van der Waals surface area (Å²) in [6.07, 6.45) is 3.41. The maximum Gasteiger partial charge on any atom is 0.328 e. The lowest BCUT2D eigenvalue weighted by atomic mass is 10.1. The first-order valence-corrected chi connectivity index (χ1v) is 6.34. The number of benzene rings is 1. The first-order valence-electron chi connectivity index (χ1n) is 6.34. The molecule has 1 heterocycles. The standard InChI is InChI=1S/C15H15FN2O3/c1-10(15(20)21-2)17-14(19)11-5-6-13(12(16)9-11)18-7-3-4-8-18/h3-10H,1-2H3,(H,17,19)/t10-/m0/s1. The van der Waals surface area contributed by atoms with Crippen molar-refractivity contribution in [3.8, 4) is 5.69 Å². The van der Waals surface area contributed by atoms with E-state index >= 15 is 0 Å². The third-order valence-corrected chi connectivity index (χ3v) is 2.99. The number of halogens is 1. The Morgan fingerprint density at radius 1 is 1.29 bits per heavy atom. The van der Waals surface area contributed by atoms with Crippen LogP contribution in [0, 0.1) is 5.82 Å². The molecule has 1 aromatic heterocycles. The molecule has 0 saturated heterocycles. The lowest BCUT2D eigenvalue weighted by Gasteiger charge is -2.12. The van der Waals surface area contributed by atoms with Gasteiger partial charge in [0.2, 0.25) is 0 Å². The molecule has 0 aliphatic rings. The zero-order valence-corrected chi connectivity index (χ0v) is 11.7. The number of rotatable bonds is 4. The zero-order valence-electron chi connectivity index (χ0n) is 11.7. The lowest BCUT2D eigenvalue weighted by molar-refractivity contribution is -0.142. The molecular formula is C15H15FN2O3. The van der Waals surface area contributed by atoms with Crippen LogP contribution in [0.5, 0.6) is 0 Å². The predicted octanol–water partition coefficient (Wildman–Crippen LogP) is 1.91. The largest absolute Gasteiger partial charge is 0.467 e. The topological polar surface area (TPSA) is 60.3 Å². The Bertz CT molecular complexity index is 653. The van der Waals surface area contributed by atoms with E-state index in [1.165, 1.54) is 26.2 Å². The maximum atomic E-state index is 14.0. The van der Waals surface area contributed by atoms with E-state index in [2.05, 4.69) is 10.1 Å². The Labute approximate surface area is 121 Å². The Kier molecular flexibility index (Phi) is 4.37. The third-order valence-electron chi connectivity index (χ3n) is 2.99. The first kappa shape index (κ1) is 14.8. The van der Waals surface area contributed by atoms with Gasteiger partial charge in [0, 0.05) is 18.0 Å². The minimum atomic E-state index is -0.797. The van der Waals surface area contributed by atoms with Gasteiger partial charge in [0.1, 0.15) is 11.9 Å². The van der Waals surface area contributed by atoms with E-state index in [4.69, 9.17) is 0 Å². The minimum absolute atomic E-state index is 0.138. The van der Waals surface area contributed by atoms with E-state index in [1.54, 1.807) is 29.1 Å². The van der Waals surface area contributed by atoms with Crippen LogP contribution >= 0.6 is 0 Å². The van der Waals surface area contributed by atoms with Crippen molar-refractivity contribution in [2.45, 2.75) is 13.0 Å². The van der Waals surface area contributed by atoms with Crippen molar-refractivity contribution in [3.63, 3.8) is 0 Å². The van der Waals surface area contributed by atoms with E-state index in [0.717, 1.165) is 6.07 Å². The Hall–Kier alpha value is -2.63. The Morgan fingerprint density at radius 3 is 2.52 bits per heavy atom. The highest BCUT2D eigenvalue weighted by molar-refractivity contribution is 5.96. The van der Waals surface area contributed by atoms with Crippen molar-refractivity contribution in [3.05, 3.63) is 54.1 Å². The summed E-state index contributed by atoms with van der Waals surface area (Å²) in [6, 6.07) is 6.89. The van der Waals surface area contributed by atoms with Crippen LogP contribution in [0.25, 0.3) is 5.69 Å². The fourth-order valence-electron chi connectivity index (χ4n) is 1.87. The maximum absolute atomic E-state index is 14.0. The number of hydrogen-bond donors (Lipinski definition) is 1. The number of nitrogens with zero attached hydrogens (tertiary/aromatic N) is 1. The van der Waals surface area contributed by atoms with Crippen LogP contribution in [0.3, 0.4) is 0 Å². The summed E-state index contributed by atoms with van der Waals surface area (Å²) < 4.78 is 20.2. The van der Waals surface area contributed by atoms with Crippen LogP contribution in [0.2, 0.25) is 0 Å². The van der Waals surface area contributed by atoms with Crippen molar-refractivity contribution < 1.29 is 18.7 Å². The number of aromatic nitrogens is 1. The van der Waals surface area contributed by atoms with E-state index < -0.39 is 23.7 Å². The Balaban J connectivity index is 2.16. The number of hydrogen-bond acceptors (Lipinski definition) is 3. The molecule has 21 heavy (non-hydrogen) atoms. The molecule has 0 spiro atoms. The number of amides is 1. The zero-order chi connectivity index (χ0) is 15.4. The van der Waals surface area contributed by atoms with Crippen molar-refractivity contribution >= 4 is 11.9 Å². The molecule has 0 saturated carbocycles. The normalized spacial score (nSPS) is 11.8. The number of esters is 1. The Morgan fingerprint density at radius 2 is 1.95 bits per heavy atom. The highest BCUT2D eigenvalue weighted by Crippen LogP contribution is 2.15. The molecule has 0 radical (unpaired) electrons. The second-order valence-corrected chi connectivity index (χ2v) is 4.47. The van der Waals surface area contributed by atoms with Crippen LogP contribution in [-0.2, 0) is 9.53 Å². The highest BCUT2D eigenvalue weighted by atomic mass is 19.1. The molecule has 0 aliphatic heterocycles. The van der Waals surface area contributed by atoms with Crippen LogP contribution in [0.15, 0.2) is 42.7 Å². The van der Waals surface area contributed by atoms with Crippen molar-refractivity contribution in [2.24, 2.45) is 0 Å². The third kappa shape index (κ3) is 3.28. The molecule has 0 fully saturated rings. The lowest BCUT2D eigenvalue weighted by Crippen LogP contribution is -2.39. The molecule has 2 aromatic rings. The fourth-order valence-corrected chi connectivity index (χ4v) is 1.87. The summed E-state index contributed by atoms with van der Waals surface area (Å²) in [7, 11) is 1.23. The summed E-state index contributed by atoms with van der Waals surface area (Å²) >= 11 is 0. The van der Waals surface area contributed by atoms with Gasteiger partial charge in [-0.1, -0.05) is 0 Å². The summed E-state index contributed by atoms with van der Waals surface area (Å²) in [6.45, 7) is 1.49. The molecule has 0 bridgehead atoms. The van der Waals surface area contributed by atoms with Gasteiger partial charge in [0.05, 0.1) is 12.8 Å². The number of carbonyl (C=O) groups is 2. The van der Waals surface area contributed by atoms with Gasteiger partial charge in [0.25, 0.3) is 5.91 Å². The van der Waals surface area contributed by atoms with Gasteiger partial charge >= 0.3 is 5.97 Å². The molecule has 110 valence electrons. The second kappa shape index (κ2) is 6.21. The summed E-state index contributed by atoms with van der Waals surface area (Å²) in [5, 5.41) is 2.44. The summed E-state index contributed by atoms with van der Waals surface area (Å²) in [4.78, 5) is 23.2. The molecule has 6 heteroatoms. The van der Waals surface area contributed by atoms with Gasteiger partial charge in [-0.2, -0.15) is 0 Å². The van der Waals surface area contributed by atoms with Crippen molar-refractivity contribution in [1.29, 1.82) is 0 Å². The molecule has 0 unspecified atom stereocenters.